The van der Waals surface area contributed by atoms with Gasteiger partial charge in [0.15, 0.2) is 0 Å². The average Bonchev–Trinajstić information content (AvgIpc) is 2.63. The van der Waals surface area contributed by atoms with Gasteiger partial charge in [0.25, 0.3) is 0 Å². The lowest BCUT2D eigenvalue weighted by atomic mass is 10.0. The van der Waals surface area contributed by atoms with E-state index in [1.807, 2.05) is 30.3 Å². The number of hydrogen-bond acceptors (Lipinski definition) is 4. The molecule has 0 radical (unpaired) electrons. The molecule has 3 rings (SSSR count). The summed E-state index contributed by atoms with van der Waals surface area (Å²) < 4.78 is 1.29. The molecule has 7 heteroatoms. The lowest BCUT2D eigenvalue weighted by molar-refractivity contribution is -0.142. The number of carbonyl (C=O) groups excluding carboxylic acids is 2. The zero-order chi connectivity index (χ0) is 17.8. The summed E-state index contributed by atoms with van der Waals surface area (Å²) in [5.74, 6) is -0.163. The van der Waals surface area contributed by atoms with Crippen LogP contribution in [0.5, 0.6) is 0 Å². The summed E-state index contributed by atoms with van der Waals surface area (Å²) in [4.78, 5) is 43.4. The fourth-order valence-electron chi connectivity index (χ4n) is 3.10. The van der Waals surface area contributed by atoms with E-state index in [0.29, 0.717) is 19.6 Å². The molecule has 130 valence electrons. The van der Waals surface area contributed by atoms with Crippen LogP contribution >= 0.6 is 0 Å². The molecule has 0 aliphatic carbocycles. The molecule has 0 spiro atoms. The first-order valence-electron chi connectivity index (χ1n) is 8.17. The molecule has 1 aromatic carbocycles. The molecular formula is C18H20N4O3. The van der Waals surface area contributed by atoms with Gasteiger partial charge in [-0.3, -0.25) is 14.2 Å². The molecule has 0 saturated carbocycles. The van der Waals surface area contributed by atoms with Crippen molar-refractivity contribution < 1.29 is 9.59 Å². The number of hydrogen-bond donors (Lipinski definition) is 0. The molecule has 1 aliphatic heterocycles. The lowest BCUT2D eigenvalue weighted by Crippen LogP contribution is -2.52. The van der Waals surface area contributed by atoms with Crippen LogP contribution in [0.2, 0.25) is 0 Å². The summed E-state index contributed by atoms with van der Waals surface area (Å²) in [6.45, 7) is 2.84. The van der Waals surface area contributed by atoms with Gasteiger partial charge in [-0.05, 0) is 11.6 Å². The number of piperazine rings is 1. The smallest absolute Gasteiger partial charge is 0.337 e. The van der Waals surface area contributed by atoms with Gasteiger partial charge >= 0.3 is 5.69 Å². The van der Waals surface area contributed by atoms with E-state index in [1.165, 1.54) is 10.8 Å². The second kappa shape index (κ2) is 7.29. The number of aromatic nitrogens is 2. The molecular weight excluding hydrogens is 320 g/mol. The highest BCUT2D eigenvalue weighted by Crippen LogP contribution is 2.25. The van der Waals surface area contributed by atoms with E-state index in [1.54, 1.807) is 29.0 Å². The highest BCUT2D eigenvalue weighted by Gasteiger charge is 2.32. The van der Waals surface area contributed by atoms with E-state index in [0.717, 1.165) is 5.56 Å². The molecule has 1 saturated heterocycles. The summed E-state index contributed by atoms with van der Waals surface area (Å²) in [5.41, 5.74) is 0.548. The fourth-order valence-corrected chi connectivity index (χ4v) is 3.10. The maximum atomic E-state index is 12.6. The molecule has 25 heavy (non-hydrogen) atoms. The predicted molar refractivity (Wildman–Crippen MR) is 91.6 cm³/mol. The van der Waals surface area contributed by atoms with Crippen LogP contribution in [0.1, 0.15) is 18.5 Å². The van der Waals surface area contributed by atoms with Crippen LogP contribution in [0.25, 0.3) is 0 Å². The van der Waals surface area contributed by atoms with Gasteiger partial charge in [-0.1, -0.05) is 30.3 Å². The molecule has 2 amide bonds. The van der Waals surface area contributed by atoms with Crippen molar-refractivity contribution >= 4 is 11.8 Å². The minimum absolute atomic E-state index is 0.00979. The maximum absolute atomic E-state index is 12.6. The van der Waals surface area contributed by atoms with Gasteiger partial charge in [0.05, 0.1) is 6.04 Å². The first-order chi connectivity index (χ1) is 12.1. The zero-order valence-corrected chi connectivity index (χ0v) is 14.0. The molecule has 2 heterocycles. The van der Waals surface area contributed by atoms with E-state index in [2.05, 4.69) is 4.98 Å². The van der Waals surface area contributed by atoms with Crippen LogP contribution in [-0.4, -0.2) is 50.8 Å². The van der Waals surface area contributed by atoms with Crippen molar-refractivity contribution in [2.24, 2.45) is 0 Å². The molecule has 1 unspecified atom stereocenters. The second-order valence-electron chi connectivity index (χ2n) is 6.01. The van der Waals surface area contributed by atoms with Gasteiger partial charge in [-0.25, -0.2) is 9.78 Å². The highest BCUT2D eigenvalue weighted by molar-refractivity contribution is 5.77. The van der Waals surface area contributed by atoms with Crippen LogP contribution in [-0.2, 0) is 16.1 Å². The van der Waals surface area contributed by atoms with Crippen molar-refractivity contribution in [2.45, 2.75) is 19.5 Å². The number of nitrogens with zero attached hydrogens (tertiary/aromatic N) is 4. The highest BCUT2D eigenvalue weighted by atomic mass is 16.2. The standard InChI is InChI=1S/C18H20N4O3/c1-14(23)22-11-10-20(12-16(22)15-6-3-2-4-7-15)17(24)13-21-9-5-8-19-18(21)25/h2-9,16H,10-13H2,1H3. The van der Waals surface area contributed by atoms with E-state index >= 15 is 0 Å². The van der Waals surface area contributed by atoms with Gasteiger partial charge in [0.2, 0.25) is 11.8 Å². The van der Waals surface area contributed by atoms with Crippen molar-refractivity contribution in [3.05, 3.63) is 64.8 Å². The van der Waals surface area contributed by atoms with Crippen molar-refractivity contribution in [3.63, 3.8) is 0 Å². The fraction of sp³-hybridized carbons (Fsp3) is 0.333. The summed E-state index contributed by atoms with van der Waals surface area (Å²) >= 11 is 0. The predicted octanol–water partition coefficient (Wildman–Crippen LogP) is 0.675. The molecule has 0 bridgehead atoms. The number of carbonyl (C=O) groups is 2. The van der Waals surface area contributed by atoms with Crippen LogP contribution in [0, 0.1) is 0 Å². The molecule has 0 N–H and O–H groups in total. The molecule has 2 aromatic rings. The first kappa shape index (κ1) is 16.9. The summed E-state index contributed by atoms with van der Waals surface area (Å²) in [5, 5.41) is 0. The number of benzene rings is 1. The second-order valence-corrected chi connectivity index (χ2v) is 6.01. The Morgan fingerprint density at radius 1 is 1.16 bits per heavy atom. The Balaban J connectivity index is 1.78. The molecule has 1 aliphatic rings. The maximum Gasteiger partial charge on any atom is 0.347 e. The minimum Gasteiger partial charge on any atom is -0.337 e. The Labute approximate surface area is 145 Å². The topological polar surface area (TPSA) is 75.5 Å². The van der Waals surface area contributed by atoms with Crippen LogP contribution in [0.15, 0.2) is 53.6 Å². The van der Waals surface area contributed by atoms with Crippen molar-refractivity contribution in [3.8, 4) is 0 Å². The molecule has 1 aromatic heterocycles. The van der Waals surface area contributed by atoms with Crippen LogP contribution in [0.3, 0.4) is 0 Å². The van der Waals surface area contributed by atoms with Gasteiger partial charge < -0.3 is 9.80 Å². The Bertz CT molecular complexity index is 818. The third-order valence-electron chi connectivity index (χ3n) is 4.41. The van der Waals surface area contributed by atoms with E-state index in [4.69, 9.17) is 0 Å². The number of amides is 2. The summed E-state index contributed by atoms with van der Waals surface area (Å²) in [6, 6.07) is 11.1. The molecule has 1 fully saturated rings. The average molecular weight is 340 g/mol. The van der Waals surface area contributed by atoms with E-state index in [9.17, 15) is 14.4 Å². The minimum atomic E-state index is -0.446. The SMILES string of the molecule is CC(=O)N1CCN(C(=O)Cn2cccnc2=O)CC1c1ccccc1. The third kappa shape index (κ3) is 3.76. The normalized spacial score (nSPS) is 17.4. The van der Waals surface area contributed by atoms with E-state index in [-0.39, 0.29) is 24.4 Å². The van der Waals surface area contributed by atoms with Crippen molar-refractivity contribution in [1.29, 1.82) is 0 Å². The van der Waals surface area contributed by atoms with Gasteiger partial charge in [-0.2, -0.15) is 0 Å². The number of rotatable bonds is 3. The third-order valence-corrected chi connectivity index (χ3v) is 4.41. The Morgan fingerprint density at radius 2 is 1.92 bits per heavy atom. The molecule has 7 nitrogen and oxygen atoms in total. The Morgan fingerprint density at radius 3 is 2.60 bits per heavy atom. The lowest BCUT2D eigenvalue weighted by Gasteiger charge is -2.41. The van der Waals surface area contributed by atoms with Crippen LogP contribution in [0.4, 0.5) is 0 Å². The van der Waals surface area contributed by atoms with Gasteiger partial charge in [0, 0.05) is 39.0 Å². The zero-order valence-electron chi connectivity index (χ0n) is 14.0. The Kier molecular flexibility index (Phi) is 4.92. The molecule has 1 atom stereocenters. The largest absolute Gasteiger partial charge is 0.347 e. The van der Waals surface area contributed by atoms with Crippen LogP contribution < -0.4 is 5.69 Å². The van der Waals surface area contributed by atoms with Gasteiger partial charge in [0.1, 0.15) is 6.54 Å². The van der Waals surface area contributed by atoms with E-state index < -0.39 is 5.69 Å². The van der Waals surface area contributed by atoms with Gasteiger partial charge in [-0.15, -0.1) is 0 Å². The summed E-state index contributed by atoms with van der Waals surface area (Å²) in [7, 11) is 0. The Hall–Kier alpha value is -2.96. The monoisotopic (exact) mass is 340 g/mol. The quantitative estimate of drug-likeness (QED) is 0.823. The van der Waals surface area contributed by atoms with Crippen molar-refractivity contribution in [2.75, 3.05) is 19.6 Å². The summed E-state index contributed by atoms with van der Waals surface area (Å²) in [6.07, 6.45) is 2.95. The van der Waals surface area contributed by atoms with Crippen molar-refractivity contribution in [1.82, 2.24) is 19.4 Å². The first-order valence-corrected chi connectivity index (χ1v) is 8.17.